The zero-order chi connectivity index (χ0) is 7.40. The molecule has 1 unspecified atom stereocenters. The molecule has 0 fully saturated rings. The Kier molecular flexibility index (Phi) is 1.93. The van der Waals surface area contributed by atoms with E-state index in [-0.39, 0.29) is 6.04 Å². The Morgan fingerprint density at radius 1 is 1.80 bits per heavy atom. The summed E-state index contributed by atoms with van der Waals surface area (Å²) in [6.07, 6.45) is 0.598. The van der Waals surface area contributed by atoms with Crippen LogP contribution in [0, 0.1) is 0 Å². The Hall–Kier alpha value is -1.46. The highest BCUT2D eigenvalue weighted by molar-refractivity contribution is 5.46. The summed E-state index contributed by atoms with van der Waals surface area (Å²) in [4.78, 5) is 9.91. The summed E-state index contributed by atoms with van der Waals surface area (Å²) in [6, 6.07) is -0.184. The SMILES string of the molecule is CC(NC=O)c1nn[nH]n1. The molecule has 0 bridgehead atoms. The lowest BCUT2D eigenvalue weighted by molar-refractivity contribution is -0.110. The van der Waals surface area contributed by atoms with E-state index in [1.807, 2.05) is 0 Å². The molecule has 0 saturated heterocycles. The molecule has 1 heterocycles. The molecule has 1 aromatic rings. The van der Waals surface area contributed by atoms with Gasteiger partial charge in [-0.15, -0.1) is 10.2 Å². The average Bonchev–Trinajstić information content (AvgIpc) is 2.38. The second-order valence-corrected chi connectivity index (χ2v) is 1.78. The Bertz CT molecular complexity index is 195. The van der Waals surface area contributed by atoms with E-state index in [0.29, 0.717) is 12.2 Å². The summed E-state index contributed by atoms with van der Waals surface area (Å²) >= 11 is 0. The number of carbonyl (C=O) groups is 1. The number of hydrogen-bond acceptors (Lipinski definition) is 4. The number of nitrogens with one attached hydrogen (secondary N) is 2. The molecule has 0 saturated carbocycles. The zero-order valence-corrected chi connectivity index (χ0v) is 5.40. The molecule has 1 aromatic heterocycles. The second kappa shape index (κ2) is 2.90. The van der Waals surface area contributed by atoms with Crippen molar-refractivity contribution in [3.8, 4) is 0 Å². The molecule has 0 aliphatic heterocycles. The van der Waals surface area contributed by atoms with Crippen LogP contribution in [0.15, 0.2) is 0 Å². The summed E-state index contributed by atoms with van der Waals surface area (Å²) in [5.41, 5.74) is 0. The Morgan fingerprint density at radius 2 is 2.60 bits per heavy atom. The third kappa shape index (κ3) is 1.28. The first-order valence-electron chi connectivity index (χ1n) is 2.77. The van der Waals surface area contributed by atoms with Crippen LogP contribution in [0.5, 0.6) is 0 Å². The summed E-state index contributed by atoms with van der Waals surface area (Å²) in [5.74, 6) is 0.479. The van der Waals surface area contributed by atoms with Crippen molar-refractivity contribution in [2.24, 2.45) is 0 Å². The van der Waals surface area contributed by atoms with Gasteiger partial charge in [-0.1, -0.05) is 5.21 Å². The molecule has 1 atom stereocenters. The van der Waals surface area contributed by atoms with Crippen LogP contribution < -0.4 is 5.32 Å². The van der Waals surface area contributed by atoms with Gasteiger partial charge in [0.2, 0.25) is 6.41 Å². The maximum atomic E-state index is 9.91. The van der Waals surface area contributed by atoms with Gasteiger partial charge in [-0.05, 0) is 6.92 Å². The molecule has 6 heteroatoms. The molecular formula is C4H7N5O. The quantitative estimate of drug-likeness (QED) is 0.529. The van der Waals surface area contributed by atoms with Crippen molar-refractivity contribution in [3.63, 3.8) is 0 Å². The number of carbonyl (C=O) groups excluding carboxylic acids is 1. The lowest BCUT2D eigenvalue weighted by Crippen LogP contribution is -2.17. The molecular weight excluding hydrogens is 134 g/mol. The van der Waals surface area contributed by atoms with Gasteiger partial charge in [0, 0.05) is 0 Å². The molecule has 1 amide bonds. The minimum absolute atomic E-state index is 0.184. The first kappa shape index (κ1) is 6.66. The van der Waals surface area contributed by atoms with Crippen LogP contribution in [0.1, 0.15) is 18.8 Å². The number of tetrazole rings is 1. The third-order valence-electron chi connectivity index (χ3n) is 1.07. The van der Waals surface area contributed by atoms with Crippen molar-refractivity contribution < 1.29 is 4.79 Å². The molecule has 54 valence electrons. The second-order valence-electron chi connectivity index (χ2n) is 1.78. The van der Waals surface area contributed by atoms with Gasteiger partial charge < -0.3 is 5.32 Å². The van der Waals surface area contributed by atoms with E-state index in [9.17, 15) is 4.79 Å². The van der Waals surface area contributed by atoms with Gasteiger partial charge in [-0.2, -0.15) is 5.21 Å². The van der Waals surface area contributed by atoms with E-state index < -0.39 is 0 Å². The fourth-order valence-electron chi connectivity index (χ4n) is 0.530. The number of hydrogen-bond donors (Lipinski definition) is 2. The molecule has 2 N–H and O–H groups in total. The molecule has 10 heavy (non-hydrogen) atoms. The number of rotatable bonds is 3. The molecule has 6 nitrogen and oxygen atoms in total. The number of H-pyrrole nitrogens is 1. The summed E-state index contributed by atoms with van der Waals surface area (Å²) in [7, 11) is 0. The van der Waals surface area contributed by atoms with Gasteiger partial charge in [0.25, 0.3) is 0 Å². The van der Waals surface area contributed by atoms with E-state index in [0.717, 1.165) is 0 Å². The predicted molar refractivity (Wildman–Crippen MR) is 31.8 cm³/mol. The van der Waals surface area contributed by atoms with Gasteiger partial charge in [0.1, 0.15) is 0 Å². The van der Waals surface area contributed by atoms with E-state index in [2.05, 4.69) is 25.9 Å². The van der Waals surface area contributed by atoms with Gasteiger partial charge in [0.05, 0.1) is 6.04 Å². The molecule has 0 radical (unpaired) electrons. The molecule has 1 rings (SSSR count). The van der Waals surface area contributed by atoms with E-state index in [1.54, 1.807) is 6.92 Å². The van der Waals surface area contributed by atoms with Crippen molar-refractivity contribution in [1.82, 2.24) is 25.9 Å². The summed E-state index contributed by atoms with van der Waals surface area (Å²) < 4.78 is 0. The highest BCUT2D eigenvalue weighted by atomic mass is 16.1. The predicted octanol–water partition coefficient (Wildman–Crippen LogP) is -0.993. The largest absolute Gasteiger partial charge is 0.349 e. The third-order valence-corrected chi connectivity index (χ3v) is 1.07. The van der Waals surface area contributed by atoms with Gasteiger partial charge >= 0.3 is 0 Å². The maximum absolute atomic E-state index is 9.91. The van der Waals surface area contributed by atoms with Gasteiger partial charge in [0.15, 0.2) is 5.82 Å². The van der Waals surface area contributed by atoms with Gasteiger partial charge in [-0.25, -0.2) is 0 Å². The summed E-state index contributed by atoms with van der Waals surface area (Å²) in [5, 5.41) is 15.4. The minimum atomic E-state index is -0.184. The van der Waals surface area contributed by atoms with E-state index in [1.165, 1.54) is 0 Å². The number of aromatic nitrogens is 4. The monoisotopic (exact) mass is 141 g/mol. The first-order valence-corrected chi connectivity index (χ1v) is 2.77. The van der Waals surface area contributed by atoms with Crippen molar-refractivity contribution >= 4 is 6.41 Å². The van der Waals surface area contributed by atoms with Crippen LogP contribution in [-0.2, 0) is 4.79 Å². The standard InChI is InChI=1S/C4H7N5O/c1-3(5-2-10)4-6-8-9-7-4/h2-3H,1H3,(H,5,10)(H,6,7,8,9). The van der Waals surface area contributed by atoms with Crippen molar-refractivity contribution in [3.05, 3.63) is 5.82 Å². The smallest absolute Gasteiger partial charge is 0.207 e. The fourth-order valence-corrected chi connectivity index (χ4v) is 0.530. The average molecular weight is 141 g/mol. The minimum Gasteiger partial charge on any atom is -0.349 e. The first-order chi connectivity index (χ1) is 4.84. The van der Waals surface area contributed by atoms with E-state index >= 15 is 0 Å². The normalized spacial score (nSPS) is 12.5. The topological polar surface area (TPSA) is 83.6 Å². The van der Waals surface area contributed by atoms with Crippen molar-refractivity contribution in [1.29, 1.82) is 0 Å². The van der Waals surface area contributed by atoms with Crippen LogP contribution in [0.3, 0.4) is 0 Å². The Labute approximate surface area is 57.0 Å². The van der Waals surface area contributed by atoms with Crippen LogP contribution >= 0.6 is 0 Å². The van der Waals surface area contributed by atoms with Crippen LogP contribution in [0.2, 0.25) is 0 Å². The number of nitrogens with zero attached hydrogens (tertiary/aromatic N) is 3. The number of amides is 1. The Morgan fingerprint density at radius 3 is 3.10 bits per heavy atom. The molecule has 0 aromatic carbocycles. The molecule has 0 spiro atoms. The lowest BCUT2D eigenvalue weighted by atomic mass is 10.3. The van der Waals surface area contributed by atoms with Crippen LogP contribution in [-0.4, -0.2) is 27.0 Å². The highest BCUT2D eigenvalue weighted by Gasteiger charge is 2.06. The Balaban J connectivity index is 2.58. The molecule has 0 aliphatic rings. The maximum Gasteiger partial charge on any atom is 0.207 e. The zero-order valence-electron chi connectivity index (χ0n) is 5.40. The van der Waals surface area contributed by atoms with Crippen LogP contribution in [0.4, 0.5) is 0 Å². The number of aromatic amines is 1. The van der Waals surface area contributed by atoms with Crippen molar-refractivity contribution in [2.45, 2.75) is 13.0 Å². The lowest BCUT2D eigenvalue weighted by Gasteiger charge is -2.01. The highest BCUT2D eigenvalue weighted by Crippen LogP contribution is 1.99. The van der Waals surface area contributed by atoms with Crippen molar-refractivity contribution in [2.75, 3.05) is 0 Å². The van der Waals surface area contributed by atoms with Crippen LogP contribution in [0.25, 0.3) is 0 Å². The van der Waals surface area contributed by atoms with Gasteiger partial charge in [-0.3, -0.25) is 4.79 Å². The molecule has 0 aliphatic carbocycles. The fraction of sp³-hybridized carbons (Fsp3) is 0.500. The van der Waals surface area contributed by atoms with E-state index in [4.69, 9.17) is 0 Å². The summed E-state index contributed by atoms with van der Waals surface area (Å²) in [6.45, 7) is 1.76.